The van der Waals surface area contributed by atoms with E-state index in [2.05, 4.69) is 89.9 Å². The Labute approximate surface area is 382 Å². The van der Waals surface area contributed by atoms with E-state index < -0.39 is 79.2 Å². The van der Waals surface area contributed by atoms with Crippen molar-refractivity contribution in [1.82, 2.24) is 19.1 Å². The predicted molar refractivity (Wildman–Crippen MR) is 246 cm³/mol. The second-order valence-electron chi connectivity index (χ2n) is 18.3. The topological polar surface area (TPSA) is 147 Å². The highest BCUT2D eigenvalue weighted by Gasteiger charge is 2.57. The predicted octanol–water partition coefficient (Wildman–Crippen LogP) is 11.3. The summed E-state index contributed by atoms with van der Waals surface area (Å²) >= 11 is 35.9. The molecule has 2 aromatic heterocycles. The Morgan fingerprint density at radius 1 is 0.733 bits per heavy atom. The van der Waals surface area contributed by atoms with E-state index in [4.69, 9.17) is 94.6 Å². The Bertz CT molecular complexity index is 2220. The van der Waals surface area contributed by atoms with Crippen LogP contribution in [0.5, 0.6) is 0 Å². The van der Waals surface area contributed by atoms with Gasteiger partial charge in [0.15, 0.2) is 29.1 Å². The number of imidazole rings is 2. The average molecular weight is 1020 g/mol. The number of fused-ring (bicyclic) bond motifs is 4. The fraction of sp³-hybridized carbons (Fsp3) is 0.611. The van der Waals surface area contributed by atoms with Crippen LogP contribution in [0.4, 0.5) is 0 Å². The molecular formula is C36H50Cl4N4O10P2S2Si2. The van der Waals surface area contributed by atoms with Gasteiger partial charge in [-0.3, -0.25) is 13.6 Å². The molecule has 1 N–H and O–H groups in total. The van der Waals surface area contributed by atoms with Crippen LogP contribution in [0.1, 0.15) is 54.0 Å². The molecule has 0 spiro atoms. The van der Waals surface area contributed by atoms with Crippen LogP contribution >= 0.6 is 72.2 Å². The van der Waals surface area contributed by atoms with Gasteiger partial charge in [0.1, 0.15) is 36.6 Å². The molecule has 0 saturated carbocycles. The van der Waals surface area contributed by atoms with Crippen molar-refractivity contribution in [3.63, 3.8) is 0 Å². The Kier molecular flexibility index (Phi) is 13.5. The van der Waals surface area contributed by atoms with E-state index >= 15 is 0 Å². The van der Waals surface area contributed by atoms with Gasteiger partial charge in [-0.2, -0.15) is 0 Å². The average Bonchev–Trinajstić information content (AvgIpc) is 3.86. The Balaban J connectivity index is 1.28. The van der Waals surface area contributed by atoms with E-state index in [1.807, 2.05) is 0 Å². The van der Waals surface area contributed by atoms with Crippen molar-refractivity contribution < 1.29 is 45.9 Å². The van der Waals surface area contributed by atoms with Gasteiger partial charge in [-0.25, -0.2) is 14.5 Å². The number of ether oxygens (including phenoxy) is 2. The molecule has 0 bridgehead atoms. The maximum atomic E-state index is 14.5. The summed E-state index contributed by atoms with van der Waals surface area (Å²) in [5, 5.41) is 0.761. The molecule has 3 fully saturated rings. The first-order chi connectivity index (χ1) is 27.6. The lowest BCUT2D eigenvalue weighted by molar-refractivity contribution is -0.0572. The third-order valence-corrected chi connectivity index (χ3v) is 25.7. The Morgan fingerprint density at radius 2 is 1.12 bits per heavy atom. The lowest BCUT2D eigenvalue weighted by Crippen LogP contribution is -2.50. The van der Waals surface area contributed by atoms with Crippen LogP contribution in [-0.2, 0) is 52.8 Å². The summed E-state index contributed by atoms with van der Waals surface area (Å²) in [4.78, 5) is 21.0. The zero-order chi connectivity index (χ0) is 44.1. The van der Waals surface area contributed by atoms with E-state index in [9.17, 15) is 9.46 Å². The molecule has 6 unspecified atom stereocenters. The van der Waals surface area contributed by atoms with Gasteiger partial charge in [0, 0.05) is 0 Å². The maximum absolute atomic E-state index is 14.5. The summed E-state index contributed by atoms with van der Waals surface area (Å²) in [7, 11) is -5.26. The highest BCUT2D eigenvalue weighted by atomic mass is 35.5. The minimum absolute atomic E-state index is 0.261. The lowest BCUT2D eigenvalue weighted by Gasteiger charge is -2.41. The molecule has 0 amide bonds. The summed E-state index contributed by atoms with van der Waals surface area (Å²) < 4.78 is 70.6. The molecule has 24 heteroatoms. The minimum atomic E-state index is -4.29. The van der Waals surface area contributed by atoms with Crippen molar-refractivity contribution >= 4 is 123 Å². The van der Waals surface area contributed by atoms with E-state index in [0.29, 0.717) is 42.2 Å². The van der Waals surface area contributed by atoms with Crippen LogP contribution in [0, 0.1) is 0 Å². The zero-order valence-corrected chi connectivity index (χ0v) is 43.2. The monoisotopic (exact) mass is 1020 g/mol. The third kappa shape index (κ3) is 9.56. The highest BCUT2D eigenvalue weighted by molar-refractivity contribution is 8.44. The summed E-state index contributed by atoms with van der Waals surface area (Å²) in [5.41, 5.74) is 2.31. The number of rotatable bonds is 6. The summed E-state index contributed by atoms with van der Waals surface area (Å²) in [6.45, 7) is 11.7. The van der Waals surface area contributed by atoms with E-state index in [1.165, 1.54) is 0 Å². The molecule has 2 aromatic carbocycles. The molecule has 5 heterocycles. The van der Waals surface area contributed by atoms with Crippen molar-refractivity contribution in [3.05, 3.63) is 57.0 Å². The molecule has 3 saturated heterocycles. The Hall–Kier alpha value is -0.156. The first-order valence-electron chi connectivity index (χ1n) is 19.2. The van der Waals surface area contributed by atoms with Gasteiger partial charge in [0.2, 0.25) is 0 Å². The Morgan fingerprint density at radius 3 is 1.53 bits per heavy atom. The van der Waals surface area contributed by atoms with E-state index in [1.54, 1.807) is 46.1 Å². The smallest absolute Gasteiger partial charge is 0.386 e. The van der Waals surface area contributed by atoms with Crippen molar-refractivity contribution in [2.24, 2.45) is 0 Å². The van der Waals surface area contributed by atoms with Crippen molar-refractivity contribution in [2.45, 2.75) is 127 Å². The molecule has 7 rings (SSSR count). The zero-order valence-electron chi connectivity index (χ0n) is 34.7. The van der Waals surface area contributed by atoms with Gasteiger partial charge in [-0.05, 0) is 72.3 Å². The molecule has 4 aromatic rings. The van der Waals surface area contributed by atoms with Gasteiger partial charge < -0.3 is 36.9 Å². The largest absolute Gasteiger partial charge is 0.407 e. The van der Waals surface area contributed by atoms with Crippen LogP contribution in [0.25, 0.3) is 22.1 Å². The molecule has 3 aliphatic heterocycles. The van der Waals surface area contributed by atoms with Gasteiger partial charge in [0.25, 0.3) is 0 Å². The molecule has 332 valence electrons. The quantitative estimate of drug-likeness (QED) is 0.107. The molecule has 0 radical (unpaired) electrons. The number of hydrogen-bond acceptors (Lipinski definition) is 12. The second kappa shape index (κ2) is 16.9. The van der Waals surface area contributed by atoms with Crippen LogP contribution < -0.4 is 0 Å². The number of benzene rings is 2. The van der Waals surface area contributed by atoms with E-state index in [0.717, 1.165) is 0 Å². The summed E-state index contributed by atoms with van der Waals surface area (Å²) in [6.07, 6.45) is -4.82. The number of thiol groups is 1. The molecule has 3 aliphatic rings. The third-order valence-electron chi connectivity index (χ3n) is 12.1. The molecule has 0 aliphatic carbocycles. The summed E-state index contributed by atoms with van der Waals surface area (Å²) in [5.74, 6) is 0. The van der Waals surface area contributed by atoms with Gasteiger partial charge in [0.05, 0.1) is 68.0 Å². The maximum Gasteiger partial charge on any atom is 0.386 e. The normalized spacial score (nSPS) is 32.5. The fourth-order valence-electron chi connectivity index (χ4n) is 6.83. The van der Waals surface area contributed by atoms with Crippen LogP contribution in [-0.4, -0.2) is 90.5 Å². The second-order valence-corrected chi connectivity index (χ2v) is 35.1. The van der Waals surface area contributed by atoms with Crippen molar-refractivity contribution in [1.29, 1.82) is 0 Å². The minimum Gasteiger partial charge on any atom is -0.407 e. The van der Waals surface area contributed by atoms with E-state index in [-0.39, 0.29) is 23.3 Å². The van der Waals surface area contributed by atoms with Gasteiger partial charge in [-0.15, -0.1) is 0 Å². The molecule has 14 nitrogen and oxygen atoms in total. The summed E-state index contributed by atoms with van der Waals surface area (Å²) in [6, 6.07) is 6.67. The van der Waals surface area contributed by atoms with Crippen molar-refractivity contribution in [3.8, 4) is 0 Å². The lowest BCUT2D eigenvalue weighted by atomic mass is 10.1. The van der Waals surface area contributed by atoms with Gasteiger partial charge >= 0.3 is 13.5 Å². The standard InChI is InChI=1S/C36H50Cl4N4O10P2S2Si2/c1-35(2,3)59(7,8)53-31-29-27(49-33(31)43-17-41-23-11-19(37)21(39)13-25(23)43)15-47-56(46,58)52-30-28(16-48-55(45,57)51-29)50-34(32(30)54-60(9,10)36(4,5)6)44-18-42-24-12-20(38)22(40)14-26(24)44/h11-14,17-18,27-34H,15-16H2,1-10H3,(H,45,57)(H,46,58)/t27-,28-,29?,30?,31?,32?,33-,34-,55?,56?/m1/s1. The number of halogens is 4. The molecule has 60 heavy (non-hydrogen) atoms. The molecular weight excluding hydrogens is 972 g/mol. The fourth-order valence-corrected chi connectivity index (χ4v) is 13.0. The highest BCUT2D eigenvalue weighted by Crippen LogP contribution is 2.59. The number of hydrogen-bond donors (Lipinski definition) is 2. The van der Waals surface area contributed by atoms with Crippen LogP contribution in [0.3, 0.4) is 0 Å². The molecule has 10 atom stereocenters. The first kappa shape index (κ1) is 47.8. The van der Waals surface area contributed by atoms with Crippen LogP contribution in [0.15, 0.2) is 36.9 Å². The SMILES string of the molecule is CC(C)(C)[Si](C)(C)OC1C2OP(=O)(S)OC[C@H]3O[C@@H](n4cnc5cc(Cl)c(Cl)cc54)C(O[Si](C)(C)C(C)(C)C)C3OP(O)(=S)OC[C@H]2O[C@H]1n1cnc2cc(Cl)c(Cl)cc21. The first-order valence-corrected chi connectivity index (χ1v) is 31.8. The van der Waals surface area contributed by atoms with Crippen LogP contribution in [0.2, 0.25) is 56.4 Å². The van der Waals surface area contributed by atoms with Crippen molar-refractivity contribution in [2.75, 3.05) is 13.2 Å². The van der Waals surface area contributed by atoms with Gasteiger partial charge in [-0.1, -0.05) is 100 Å². The number of nitrogens with zero attached hydrogens (tertiary/aromatic N) is 4. The number of aromatic nitrogens is 4.